The van der Waals surface area contributed by atoms with Crippen LogP contribution in [0.4, 0.5) is 0 Å². The number of carbonyl (C=O) groups is 1. The number of amides is 1. The molecule has 0 aliphatic carbocycles. The fourth-order valence-corrected chi connectivity index (χ4v) is 2.59. The molecule has 3 rings (SSSR count). The van der Waals surface area contributed by atoms with E-state index >= 15 is 0 Å². The van der Waals surface area contributed by atoms with Gasteiger partial charge < -0.3 is 4.90 Å². The quantitative estimate of drug-likeness (QED) is 0.840. The van der Waals surface area contributed by atoms with E-state index < -0.39 is 0 Å². The molecule has 0 saturated heterocycles. The van der Waals surface area contributed by atoms with Gasteiger partial charge in [-0.25, -0.2) is 9.67 Å². The molecular weight excluding hydrogens is 268 g/mol. The first kappa shape index (κ1) is 13.5. The molecule has 0 N–H and O–H groups in total. The number of hydrogen-bond acceptors (Lipinski definition) is 4. The van der Waals surface area contributed by atoms with Crippen LogP contribution in [0.5, 0.6) is 0 Å². The molecule has 3 heterocycles. The molecular formula is C14H18N6O. The summed E-state index contributed by atoms with van der Waals surface area (Å²) in [7, 11) is 1.93. The summed E-state index contributed by atoms with van der Waals surface area (Å²) >= 11 is 0. The SMILES string of the molecule is CC(C(=O)N1CC=C(c2ccnn2C)CC1)n1cncn1. The minimum Gasteiger partial charge on any atom is -0.337 e. The summed E-state index contributed by atoms with van der Waals surface area (Å²) in [5, 5.41) is 8.21. The highest BCUT2D eigenvalue weighted by Crippen LogP contribution is 2.22. The van der Waals surface area contributed by atoms with E-state index in [1.165, 1.54) is 11.9 Å². The van der Waals surface area contributed by atoms with Gasteiger partial charge in [0, 0.05) is 26.3 Å². The summed E-state index contributed by atoms with van der Waals surface area (Å²) in [6, 6.07) is 1.68. The van der Waals surface area contributed by atoms with Crippen molar-refractivity contribution < 1.29 is 4.79 Å². The topological polar surface area (TPSA) is 68.8 Å². The fourth-order valence-electron chi connectivity index (χ4n) is 2.59. The third kappa shape index (κ3) is 2.58. The summed E-state index contributed by atoms with van der Waals surface area (Å²) < 4.78 is 3.45. The van der Waals surface area contributed by atoms with Gasteiger partial charge in [0.25, 0.3) is 0 Å². The minimum atomic E-state index is -0.320. The minimum absolute atomic E-state index is 0.0702. The fraction of sp³-hybridized carbons (Fsp3) is 0.429. The maximum absolute atomic E-state index is 12.4. The van der Waals surface area contributed by atoms with Crippen molar-refractivity contribution in [2.24, 2.45) is 7.05 Å². The van der Waals surface area contributed by atoms with Crippen LogP contribution in [0.3, 0.4) is 0 Å². The van der Waals surface area contributed by atoms with E-state index in [0.29, 0.717) is 6.54 Å². The zero-order chi connectivity index (χ0) is 14.8. The molecule has 1 unspecified atom stereocenters. The first-order chi connectivity index (χ1) is 10.2. The van der Waals surface area contributed by atoms with Gasteiger partial charge in [-0.3, -0.25) is 9.48 Å². The second kappa shape index (κ2) is 5.51. The molecule has 1 aliphatic heterocycles. The molecule has 0 saturated carbocycles. The molecule has 110 valence electrons. The molecule has 0 aromatic carbocycles. The van der Waals surface area contributed by atoms with E-state index in [1.807, 2.05) is 29.6 Å². The van der Waals surface area contributed by atoms with Crippen LogP contribution < -0.4 is 0 Å². The van der Waals surface area contributed by atoms with Crippen LogP contribution in [0.1, 0.15) is 25.1 Å². The summed E-state index contributed by atoms with van der Waals surface area (Å²) in [5.74, 6) is 0.0702. The molecule has 2 aromatic rings. The maximum atomic E-state index is 12.4. The number of hydrogen-bond donors (Lipinski definition) is 0. The Morgan fingerprint density at radius 1 is 1.38 bits per heavy atom. The summed E-state index contributed by atoms with van der Waals surface area (Å²) in [6.07, 6.45) is 7.76. The Morgan fingerprint density at radius 3 is 2.81 bits per heavy atom. The first-order valence-electron chi connectivity index (χ1n) is 6.97. The number of carbonyl (C=O) groups excluding carboxylic acids is 1. The first-order valence-corrected chi connectivity index (χ1v) is 6.97. The second-order valence-corrected chi connectivity index (χ2v) is 5.16. The smallest absolute Gasteiger partial charge is 0.247 e. The predicted octanol–water partition coefficient (Wildman–Crippen LogP) is 0.888. The Kier molecular flexibility index (Phi) is 3.55. The zero-order valence-electron chi connectivity index (χ0n) is 12.2. The molecule has 0 spiro atoms. The van der Waals surface area contributed by atoms with Gasteiger partial charge in [-0.1, -0.05) is 6.08 Å². The van der Waals surface area contributed by atoms with E-state index in [4.69, 9.17) is 0 Å². The van der Waals surface area contributed by atoms with Crippen LogP contribution in [0.2, 0.25) is 0 Å². The van der Waals surface area contributed by atoms with Crippen molar-refractivity contribution in [2.45, 2.75) is 19.4 Å². The molecule has 1 aliphatic rings. The molecule has 0 radical (unpaired) electrons. The Bertz CT molecular complexity index is 657. The third-order valence-corrected chi connectivity index (χ3v) is 3.86. The van der Waals surface area contributed by atoms with E-state index in [0.717, 1.165) is 18.7 Å². The van der Waals surface area contributed by atoms with Gasteiger partial charge >= 0.3 is 0 Å². The number of aryl methyl sites for hydroxylation is 1. The average molecular weight is 286 g/mol. The van der Waals surface area contributed by atoms with Gasteiger partial charge in [0.15, 0.2) is 0 Å². The summed E-state index contributed by atoms with van der Waals surface area (Å²) in [6.45, 7) is 3.19. The van der Waals surface area contributed by atoms with Gasteiger partial charge in [-0.15, -0.1) is 0 Å². The number of nitrogens with zero attached hydrogens (tertiary/aromatic N) is 6. The monoisotopic (exact) mass is 286 g/mol. The van der Waals surface area contributed by atoms with Gasteiger partial charge in [0.1, 0.15) is 18.7 Å². The molecule has 7 heteroatoms. The van der Waals surface area contributed by atoms with Crippen molar-refractivity contribution >= 4 is 11.5 Å². The third-order valence-electron chi connectivity index (χ3n) is 3.86. The van der Waals surface area contributed by atoms with Crippen molar-refractivity contribution in [3.05, 3.63) is 36.7 Å². The van der Waals surface area contributed by atoms with E-state index in [2.05, 4.69) is 21.3 Å². The molecule has 0 fully saturated rings. The lowest BCUT2D eigenvalue weighted by atomic mass is 10.0. The lowest BCUT2D eigenvalue weighted by Crippen LogP contribution is -2.39. The van der Waals surface area contributed by atoms with Crippen LogP contribution in [0.25, 0.3) is 5.57 Å². The summed E-state index contributed by atoms with van der Waals surface area (Å²) in [5.41, 5.74) is 2.36. The van der Waals surface area contributed by atoms with Crippen LogP contribution in [0, 0.1) is 0 Å². The highest BCUT2D eigenvalue weighted by molar-refractivity contribution is 5.81. The Balaban J connectivity index is 1.69. The molecule has 21 heavy (non-hydrogen) atoms. The van der Waals surface area contributed by atoms with Crippen LogP contribution in [-0.4, -0.2) is 48.4 Å². The normalized spacial score (nSPS) is 16.7. The van der Waals surface area contributed by atoms with Crippen molar-refractivity contribution in [3.8, 4) is 0 Å². The number of aromatic nitrogens is 5. The number of rotatable bonds is 3. The Morgan fingerprint density at radius 2 is 2.24 bits per heavy atom. The van der Waals surface area contributed by atoms with Crippen molar-refractivity contribution in [3.63, 3.8) is 0 Å². The lowest BCUT2D eigenvalue weighted by molar-refractivity contribution is -0.134. The van der Waals surface area contributed by atoms with Gasteiger partial charge in [0.05, 0.1) is 5.69 Å². The standard InChI is InChI=1S/C14H18N6O/c1-11(20-10-15-9-17-20)14(21)19-7-4-12(5-8-19)13-3-6-16-18(13)2/h3-4,6,9-11H,5,7-8H2,1-2H3. The van der Waals surface area contributed by atoms with Gasteiger partial charge in [-0.2, -0.15) is 10.2 Å². The van der Waals surface area contributed by atoms with E-state index in [-0.39, 0.29) is 11.9 Å². The lowest BCUT2D eigenvalue weighted by Gasteiger charge is -2.28. The van der Waals surface area contributed by atoms with E-state index in [1.54, 1.807) is 17.2 Å². The van der Waals surface area contributed by atoms with Crippen molar-refractivity contribution in [1.29, 1.82) is 0 Å². The van der Waals surface area contributed by atoms with Crippen molar-refractivity contribution in [1.82, 2.24) is 29.4 Å². The average Bonchev–Trinajstić information content (AvgIpc) is 3.17. The molecule has 2 aromatic heterocycles. The van der Waals surface area contributed by atoms with Crippen LogP contribution in [0.15, 0.2) is 31.0 Å². The molecule has 1 atom stereocenters. The maximum Gasteiger partial charge on any atom is 0.247 e. The second-order valence-electron chi connectivity index (χ2n) is 5.16. The van der Waals surface area contributed by atoms with Gasteiger partial charge in [-0.05, 0) is 25.0 Å². The largest absolute Gasteiger partial charge is 0.337 e. The van der Waals surface area contributed by atoms with Crippen molar-refractivity contribution in [2.75, 3.05) is 13.1 Å². The zero-order valence-corrected chi connectivity index (χ0v) is 12.2. The van der Waals surface area contributed by atoms with Crippen LogP contribution >= 0.6 is 0 Å². The summed E-state index contributed by atoms with van der Waals surface area (Å²) in [4.78, 5) is 18.2. The highest BCUT2D eigenvalue weighted by Gasteiger charge is 2.24. The van der Waals surface area contributed by atoms with Crippen LogP contribution in [-0.2, 0) is 11.8 Å². The molecule has 1 amide bonds. The van der Waals surface area contributed by atoms with E-state index in [9.17, 15) is 4.79 Å². The molecule has 7 nitrogen and oxygen atoms in total. The Labute approximate surface area is 122 Å². The molecule has 0 bridgehead atoms. The Hall–Kier alpha value is -2.44. The highest BCUT2D eigenvalue weighted by atomic mass is 16.2. The predicted molar refractivity (Wildman–Crippen MR) is 77.1 cm³/mol. The van der Waals surface area contributed by atoms with Gasteiger partial charge in [0.2, 0.25) is 5.91 Å².